The number of carboxylic acids is 1. The van der Waals surface area contributed by atoms with E-state index in [0.29, 0.717) is 50.9 Å². The van der Waals surface area contributed by atoms with Crippen LogP contribution in [0.4, 0.5) is 10.5 Å². The highest BCUT2D eigenvalue weighted by molar-refractivity contribution is 5.98. The average Bonchev–Trinajstić information content (AvgIpc) is 3.91. The lowest BCUT2D eigenvalue weighted by atomic mass is 9.89. The van der Waals surface area contributed by atoms with Crippen molar-refractivity contribution in [2.75, 3.05) is 53.3 Å². The number of ether oxygens (including phenoxy) is 2. The number of rotatable bonds is 33. The Bertz CT molecular complexity index is 2290. The number of carbonyl (C=O) groups excluding carboxylic acids is 7. The Morgan fingerprint density at radius 3 is 1.95 bits per heavy atom. The minimum absolute atomic E-state index is 0.0712. The molecule has 0 aromatic heterocycles. The topological polar surface area (TPSA) is 297 Å². The summed E-state index contributed by atoms with van der Waals surface area (Å²) in [5.41, 5.74) is 13.4. The summed E-state index contributed by atoms with van der Waals surface area (Å²) in [5, 5.41) is 23.9. The summed E-state index contributed by atoms with van der Waals surface area (Å²) in [6.45, 7) is 18.1. The van der Waals surface area contributed by atoms with Crippen LogP contribution in [0.1, 0.15) is 112 Å². The number of nitrogens with one attached hydrogen (secondary N) is 5. The summed E-state index contributed by atoms with van der Waals surface area (Å²) in [6, 6.07) is 10.2. The molecule has 0 bridgehead atoms. The second kappa shape index (κ2) is 32.8. The van der Waals surface area contributed by atoms with Crippen molar-refractivity contribution in [2.24, 2.45) is 41.1 Å². The zero-order valence-corrected chi connectivity index (χ0v) is 49.1. The van der Waals surface area contributed by atoms with Crippen LogP contribution in [-0.2, 0) is 55.9 Å². The zero-order valence-electron chi connectivity index (χ0n) is 49.1. The summed E-state index contributed by atoms with van der Waals surface area (Å²) in [5.74, 6) is -4.93. The number of nitrogens with two attached hydrogens (primary N) is 2. The molecule has 1 aliphatic rings. The molecule has 3 rings (SSSR count). The van der Waals surface area contributed by atoms with Gasteiger partial charge in [-0.2, -0.15) is 0 Å². The fourth-order valence-corrected chi connectivity index (χ4v) is 10.4. The molecule has 1 saturated heterocycles. The van der Waals surface area contributed by atoms with Crippen molar-refractivity contribution < 1.29 is 52.9 Å². The largest absolute Gasteiger partial charge is 0.480 e. The van der Waals surface area contributed by atoms with Gasteiger partial charge in [0.2, 0.25) is 35.4 Å². The summed E-state index contributed by atoms with van der Waals surface area (Å²) < 4.78 is 12.0. The van der Waals surface area contributed by atoms with Gasteiger partial charge in [0.1, 0.15) is 18.1 Å². The van der Waals surface area contributed by atoms with Crippen molar-refractivity contribution in [1.82, 2.24) is 36.0 Å². The van der Waals surface area contributed by atoms with Crippen molar-refractivity contribution >= 4 is 53.1 Å². The third-order valence-electron chi connectivity index (χ3n) is 15.4. The molecule has 8 amide bonds. The molecule has 79 heavy (non-hydrogen) atoms. The normalized spacial score (nSPS) is 17.4. The number of carboxylic acid groups (broad SMARTS) is 1. The number of methoxy groups -OCH3 is 2. The summed E-state index contributed by atoms with van der Waals surface area (Å²) >= 11 is 0. The maximum Gasteiger partial charge on any atom is 0.326 e. The van der Waals surface area contributed by atoms with Gasteiger partial charge in [-0.3, -0.25) is 33.7 Å². The van der Waals surface area contributed by atoms with E-state index in [2.05, 4.69) is 26.6 Å². The van der Waals surface area contributed by atoms with Crippen LogP contribution in [0, 0.1) is 29.6 Å². The first-order valence-electron chi connectivity index (χ1n) is 28.0. The molecule has 1 heterocycles. The lowest BCUT2D eigenvalue weighted by molar-refractivity contribution is -0.148. The molecule has 1 fully saturated rings. The van der Waals surface area contributed by atoms with Crippen LogP contribution in [0.2, 0.25) is 0 Å². The van der Waals surface area contributed by atoms with E-state index in [1.54, 1.807) is 60.2 Å². The van der Waals surface area contributed by atoms with Crippen molar-refractivity contribution in [3.8, 4) is 0 Å². The van der Waals surface area contributed by atoms with E-state index in [4.69, 9.17) is 20.9 Å². The van der Waals surface area contributed by atoms with E-state index in [9.17, 15) is 43.5 Å². The smallest absolute Gasteiger partial charge is 0.326 e. The number of hydrogen-bond donors (Lipinski definition) is 8. The van der Waals surface area contributed by atoms with E-state index < -0.39 is 90.1 Å². The molecule has 442 valence electrons. The highest BCUT2D eigenvalue weighted by Gasteiger charge is 2.44. The molecule has 21 heteroatoms. The van der Waals surface area contributed by atoms with Crippen molar-refractivity contribution in [3.05, 3.63) is 65.7 Å². The van der Waals surface area contributed by atoms with Gasteiger partial charge in [-0.05, 0) is 86.1 Å². The Labute approximate surface area is 468 Å². The first-order valence-corrected chi connectivity index (χ1v) is 28.0. The second-order valence-corrected chi connectivity index (χ2v) is 22.3. The van der Waals surface area contributed by atoms with Gasteiger partial charge < -0.3 is 62.4 Å². The minimum atomic E-state index is -1.16. The number of hydrogen-bond acceptors (Lipinski definition) is 12. The Hall–Kier alpha value is -6.16. The number of benzene rings is 2. The van der Waals surface area contributed by atoms with Gasteiger partial charge in [0.25, 0.3) is 0 Å². The molecule has 0 saturated carbocycles. The van der Waals surface area contributed by atoms with Crippen LogP contribution < -0.4 is 38.1 Å². The number of aliphatic carboxylic acids is 1. The van der Waals surface area contributed by atoms with Crippen LogP contribution in [0.25, 0.3) is 0 Å². The molecule has 0 unspecified atom stereocenters. The average molecular weight is 1110 g/mol. The Morgan fingerprint density at radius 2 is 1.41 bits per heavy atom. The van der Waals surface area contributed by atoms with Gasteiger partial charge in [0.05, 0.1) is 48.7 Å². The van der Waals surface area contributed by atoms with Crippen molar-refractivity contribution in [3.63, 3.8) is 0 Å². The van der Waals surface area contributed by atoms with Crippen LogP contribution in [0.15, 0.2) is 54.6 Å². The van der Waals surface area contributed by atoms with Gasteiger partial charge in [-0.25, -0.2) is 9.59 Å². The summed E-state index contributed by atoms with van der Waals surface area (Å²) in [7, 11) is 6.56. The lowest BCUT2D eigenvalue weighted by Gasteiger charge is -2.41. The highest BCUT2D eigenvalue weighted by atomic mass is 16.5. The number of anilines is 1. The molecule has 10 N–H and O–H groups in total. The molecule has 0 aliphatic carbocycles. The molecule has 0 spiro atoms. The Kier molecular flexibility index (Phi) is 27.9. The number of amides is 8. The first kappa shape index (κ1) is 67.1. The third-order valence-corrected chi connectivity index (χ3v) is 15.4. The molecular weight excluding hydrogens is 1010 g/mol. The van der Waals surface area contributed by atoms with Gasteiger partial charge in [0.15, 0.2) is 0 Å². The van der Waals surface area contributed by atoms with Crippen LogP contribution >= 0.6 is 0 Å². The predicted octanol–water partition coefficient (Wildman–Crippen LogP) is 3.91. The highest BCUT2D eigenvalue weighted by Crippen LogP contribution is 2.30. The van der Waals surface area contributed by atoms with E-state index in [1.807, 2.05) is 85.5 Å². The Balaban J connectivity index is 1.71. The third kappa shape index (κ3) is 20.2. The van der Waals surface area contributed by atoms with Gasteiger partial charge in [0, 0.05) is 53.0 Å². The van der Waals surface area contributed by atoms with Crippen LogP contribution in [-0.4, -0.2) is 170 Å². The first-order chi connectivity index (χ1) is 37.3. The molecule has 1 aliphatic heterocycles. The number of primary amides is 1. The van der Waals surface area contributed by atoms with Gasteiger partial charge >= 0.3 is 12.0 Å². The summed E-state index contributed by atoms with van der Waals surface area (Å²) in [4.78, 5) is 112. The van der Waals surface area contributed by atoms with Gasteiger partial charge in [-0.15, -0.1) is 0 Å². The van der Waals surface area contributed by atoms with E-state index in [0.717, 1.165) is 11.1 Å². The van der Waals surface area contributed by atoms with E-state index in [1.165, 1.54) is 14.2 Å². The lowest BCUT2D eigenvalue weighted by Crippen LogP contribution is -2.60. The molecule has 2 aromatic rings. The van der Waals surface area contributed by atoms with Crippen molar-refractivity contribution in [2.45, 2.75) is 168 Å². The van der Waals surface area contributed by atoms with Crippen molar-refractivity contribution in [1.29, 1.82) is 0 Å². The van der Waals surface area contributed by atoms with Crippen LogP contribution in [0.3, 0.4) is 0 Å². The fraction of sp³-hybridized carbons (Fsp3) is 0.655. The maximum atomic E-state index is 14.8. The van der Waals surface area contributed by atoms with E-state index >= 15 is 0 Å². The molecule has 2 aromatic carbocycles. The molecule has 21 nitrogen and oxygen atoms in total. The SMILES string of the molecule is CC[C@H](C)[C@@H]([C@@H](CC(=O)N1CCC[C@H]1[C@H](OC)[C@@H](C)C(=O)N[C@@H](Cc1ccccc1)C(=O)O)OC)N(C)C(=O)[C@@H](NC(=O)[C@H](C(C)C)N(C)CCc1ccc(NC(=O)[C@H](CCCNC(N)=O)NC(=O)[C@@H](N)C(C)C)cc1)C(C)C. The molecular formula is C58H94N10O11. The monoisotopic (exact) mass is 1110 g/mol. The standard InChI is InChI=1S/C58H94N10O11/c1-14-37(8)50(45(78-12)33-46(69)68-30-19-23-44(68)51(79-13)38(9)52(70)64-43(57(75)76)32-40-20-16-15-17-21-40)67(11)56(74)48(35(4)5)65-55(73)49(36(6)7)66(10)31-28-39-24-26-41(27-25-39)62-53(71)42(22-18-29-61-58(60)77)63-54(72)47(59)34(2)3/h15-17,20-21,24-27,34-38,42-45,47-51H,14,18-19,22-23,28-33,59H2,1-13H3,(H,62,71)(H,63,72)(H,64,70)(H,65,73)(H,75,76)(H3,60,61,77)/t37-,38+,42-,43-,44-,45+,47-,48-,49-,50-,51+/m0/s1. The number of carbonyl (C=O) groups is 8. The van der Waals surface area contributed by atoms with Crippen LogP contribution in [0.5, 0.6) is 0 Å². The zero-order chi connectivity index (χ0) is 59.3. The molecule has 0 radical (unpaired) electrons. The summed E-state index contributed by atoms with van der Waals surface area (Å²) in [6.07, 6.45) is 1.62. The predicted molar refractivity (Wildman–Crippen MR) is 304 cm³/mol. The number of likely N-dealkylation sites (tertiary alicyclic amines) is 1. The second-order valence-electron chi connectivity index (χ2n) is 22.3. The minimum Gasteiger partial charge on any atom is -0.480 e. The maximum absolute atomic E-state index is 14.8. The number of urea groups is 1. The fourth-order valence-electron chi connectivity index (χ4n) is 10.4. The number of likely N-dealkylation sites (N-methyl/N-ethyl adjacent to an activating group) is 2. The molecule has 11 atom stereocenters. The Morgan fingerprint density at radius 1 is 0.772 bits per heavy atom. The number of nitrogens with zero attached hydrogens (tertiary/aromatic N) is 3. The van der Waals surface area contributed by atoms with E-state index in [-0.39, 0.29) is 67.2 Å². The van der Waals surface area contributed by atoms with Gasteiger partial charge in [-0.1, -0.05) is 111 Å². The quantitative estimate of drug-likeness (QED) is 0.0471.